The van der Waals surface area contributed by atoms with Crippen molar-refractivity contribution in [3.05, 3.63) is 27.0 Å². The summed E-state index contributed by atoms with van der Waals surface area (Å²) in [5.41, 5.74) is 0.807. The van der Waals surface area contributed by atoms with E-state index in [1.165, 1.54) is 22.7 Å². The van der Waals surface area contributed by atoms with Crippen LogP contribution in [0.2, 0.25) is 4.34 Å². The van der Waals surface area contributed by atoms with Gasteiger partial charge in [0.05, 0.1) is 14.9 Å². The lowest BCUT2D eigenvalue weighted by molar-refractivity contribution is 0.0702. The molecule has 4 nitrogen and oxygen atoms in total. The Kier molecular flexibility index (Phi) is 4.82. The molecule has 1 amide bonds. The Bertz CT molecular complexity index is 682. The van der Waals surface area contributed by atoms with Gasteiger partial charge in [-0.25, -0.2) is 4.98 Å². The fourth-order valence-corrected chi connectivity index (χ4v) is 4.80. The number of piperidine rings is 1. The summed E-state index contributed by atoms with van der Waals surface area (Å²) in [6.45, 7) is 3.50. The van der Waals surface area contributed by atoms with Gasteiger partial charge < -0.3 is 10.2 Å². The molecule has 2 aromatic rings. The zero-order chi connectivity index (χ0) is 15.7. The number of aromatic nitrogens is 1. The fourth-order valence-electron chi connectivity index (χ4n) is 2.67. The zero-order valence-electron chi connectivity index (χ0n) is 12.6. The van der Waals surface area contributed by atoms with E-state index in [0.29, 0.717) is 6.04 Å². The highest BCUT2D eigenvalue weighted by molar-refractivity contribution is 7.24. The molecule has 1 aliphatic rings. The Labute approximate surface area is 143 Å². The van der Waals surface area contributed by atoms with Gasteiger partial charge in [-0.15, -0.1) is 22.7 Å². The second-order valence-electron chi connectivity index (χ2n) is 5.42. The molecule has 7 heteroatoms. The Morgan fingerprint density at radius 3 is 2.95 bits per heavy atom. The number of nitrogens with zero attached hydrogens (tertiary/aromatic N) is 2. The van der Waals surface area contributed by atoms with Crippen molar-refractivity contribution in [3.8, 4) is 9.88 Å². The molecule has 1 fully saturated rings. The number of aryl methyl sites for hydroxylation is 1. The highest BCUT2D eigenvalue weighted by Gasteiger charge is 2.26. The van der Waals surface area contributed by atoms with Crippen LogP contribution < -0.4 is 5.32 Å². The predicted octanol–water partition coefficient (Wildman–Crippen LogP) is 3.66. The minimum Gasteiger partial charge on any atom is -0.336 e. The smallest absolute Gasteiger partial charge is 0.265 e. The predicted molar refractivity (Wildman–Crippen MR) is 93.2 cm³/mol. The minimum atomic E-state index is 0.101. The first kappa shape index (κ1) is 15.9. The first-order valence-corrected chi connectivity index (χ1v) is 9.29. The van der Waals surface area contributed by atoms with Gasteiger partial charge in [0.25, 0.3) is 5.91 Å². The van der Waals surface area contributed by atoms with E-state index < -0.39 is 0 Å². The van der Waals surface area contributed by atoms with Gasteiger partial charge in [0, 0.05) is 19.1 Å². The molecule has 1 atom stereocenters. The second kappa shape index (κ2) is 6.66. The van der Waals surface area contributed by atoms with E-state index in [9.17, 15) is 4.79 Å². The highest BCUT2D eigenvalue weighted by Crippen LogP contribution is 2.35. The molecule has 3 rings (SSSR count). The average Bonchev–Trinajstić information content (AvgIpc) is 3.12. The summed E-state index contributed by atoms with van der Waals surface area (Å²) in [7, 11) is 1.95. The molecule has 1 aliphatic heterocycles. The van der Waals surface area contributed by atoms with Gasteiger partial charge >= 0.3 is 0 Å². The van der Waals surface area contributed by atoms with Crippen LogP contribution in [0.15, 0.2) is 12.1 Å². The standard InChI is InChI=1S/C15H18ClN3OS2/c1-9-13(15(20)19-7-3-4-10(8-19)17-2)22-14(18-9)11-5-6-12(16)21-11/h5-6,10,17H,3-4,7-8H2,1-2H3. The molecule has 3 heterocycles. The van der Waals surface area contributed by atoms with Gasteiger partial charge in [-0.05, 0) is 38.9 Å². The minimum absolute atomic E-state index is 0.101. The third-order valence-electron chi connectivity index (χ3n) is 3.89. The molecule has 1 N–H and O–H groups in total. The summed E-state index contributed by atoms with van der Waals surface area (Å²) in [5, 5.41) is 4.14. The maximum atomic E-state index is 12.8. The van der Waals surface area contributed by atoms with Crippen molar-refractivity contribution in [2.45, 2.75) is 25.8 Å². The summed E-state index contributed by atoms with van der Waals surface area (Å²) < 4.78 is 0.739. The SMILES string of the molecule is CNC1CCCN(C(=O)c2sc(-c3ccc(Cl)s3)nc2C)C1. The van der Waals surface area contributed by atoms with Gasteiger partial charge in [0.2, 0.25) is 0 Å². The van der Waals surface area contributed by atoms with Crippen molar-refractivity contribution in [2.24, 2.45) is 0 Å². The Hall–Kier alpha value is -0.950. The lowest BCUT2D eigenvalue weighted by Gasteiger charge is -2.32. The number of rotatable bonds is 3. The number of likely N-dealkylation sites (tertiary alicyclic amines) is 1. The van der Waals surface area contributed by atoms with E-state index >= 15 is 0 Å². The molecule has 0 spiro atoms. The average molecular weight is 356 g/mol. The molecule has 0 aliphatic carbocycles. The number of likely N-dealkylation sites (N-methyl/N-ethyl adjacent to an activating group) is 1. The third-order valence-corrected chi connectivity index (χ3v) is 6.44. The molecule has 0 bridgehead atoms. The summed E-state index contributed by atoms with van der Waals surface area (Å²) in [4.78, 5) is 21.0. The van der Waals surface area contributed by atoms with Crippen LogP contribution in [0.25, 0.3) is 9.88 Å². The van der Waals surface area contributed by atoms with Crippen LogP contribution in [0.3, 0.4) is 0 Å². The molecular formula is C15H18ClN3OS2. The third kappa shape index (κ3) is 3.20. The largest absolute Gasteiger partial charge is 0.336 e. The van der Waals surface area contributed by atoms with Crippen molar-refractivity contribution in [2.75, 3.05) is 20.1 Å². The molecule has 0 aromatic carbocycles. The number of hydrogen-bond donors (Lipinski definition) is 1. The zero-order valence-corrected chi connectivity index (χ0v) is 14.9. The maximum absolute atomic E-state index is 12.8. The van der Waals surface area contributed by atoms with E-state index in [0.717, 1.165) is 50.7 Å². The first-order chi connectivity index (χ1) is 10.6. The molecule has 118 valence electrons. The number of nitrogens with one attached hydrogen (secondary N) is 1. The number of hydrogen-bond acceptors (Lipinski definition) is 5. The second-order valence-corrected chi connectivity index (χ2v) is 8.13. The lowest BCUT2D eigenvalue weighted by Crippen LogP contribution is -2.46. The van der Waals surface area contributed by atoms with Crippen LogP contribution in [-0.2, 0) is 0 Å². The molecular weight excluding hydrogens is 338 g/mol. The van der Waals surface area contributed by atoms with Crippen LogP contribution >= 0.6 is 34.3 Å². The highest BCUT2D eigenvalue weighted by atomic mass is 35.5. The van der Waals surface area contributed by atoms with E-state index in [2.05, 4.69) is 10.3 Å². The normalized spacial score (nSPS) is 18.7. The van der Waals surface area contributed by atoms with Gasteiger partial charge in [0.15, 0.2) is 0 Å². The summed E-state index contributed by atoms with van der Waals surface area (Å²) in [6.07, 6.45) is 2.17. The Balaban J connectivity index is 1.82. The monoisotopic (exact) mass is 355 g/mol. The Morgan fingerprint density at radius 1 is 1.45 bits per heavy atom. The molecule has 22 heavy (non-hydrogen) atoms. The molecule has 0 saturated carbocycles. The van der Waals surface area contributed by atoms with Crippen molar-refractivity contribution >= 4 is 40.2 Å². The molecule has 2 aromatic heterocycles. The summed E-state index contributed by atoms with van der Waals surface area (Å²) in [6, 6.07) is 4.21. The number of thiophene rings is 1. The Morgan fingerprint density at radius 2 is 2.27 bits per heavy atom. The number of amides is 1. The van der Waals surface area contributed by atoms with Gasteiger partial charge in [-0.2, -0.15) is 0 Å². The van der Waals surface area contributed by atoms with Gasteiger partial charge in [-0.3, -0.25) is 4.79 Å². The van der Waals surface area contributed by atoms with Crippen molar-refractivity contribution < 1.29 is 4.79 Å². The van der Waals surface area contributed by atoms with Gasteiger partial charge in [-0.1, -0.05) is 11.6 Å². The van der Waals surface area contributed by atoms with Crippen molar-refractivity contribution in [3.63, 3.8) is 0 Å². The summed E-state index contributed by atoms with van der Waals surface area (Å²) in [5.74, 6) is 0.101. The van der Waals surface area contributed by atoms with E-state index in [1.54, 1.807) is 0 Å². The van der Waals surface area contributed by atoms with Crippen molar-refractivity contribution in [1.82, 2.24) is 15.2 Å². The number of carbonyl (C=O) groups excluding carboxylic acids is 1. The number of halogens is 1. The van der Waals surface area contributed by atoms with E-state index in [4.69, 9.17) is 11.6 Å². The molecule has 1 unspecified atom stereocenters. The lowest BCUT2D eigenvalue weighted by atomic mass is 10.1. The number of thiazole rings is 1. The quantitative estimate of drug-likeness (QED) is 0.913. The topological polar surface area (TPSA) is 45.2 Å². The van der Waals surface area contributed by atoms with Crippen molar-refractivity contribution in [1.29, 1.82) is 0 Å². The van der Waals surface area contributed by atoms with Crippen LogP contribution in [0.5, 0.6) is 0 Å². The van der Waals surface area contributed by atoms with Crippen LogP contribution in [-0.4, -0.2) is 42.0 Å². The molecule has 0 radical (unpaired) electrons. The van der Waals surface area contributed by atoms with Crippen LogP contribution in [0.1, 0.15) is 28.2 Å². The van der Waals surface area contributed by atoms with Crippen LogP contribution in [0.4, 0.5) is 0 Å². The van der Waals surface area contributed by atoms with E-state index in [-0.39, 0.29) is 5.91 Å². The van der Waals surface area contributed by atoms with E-state index in [1.807, 2.05) is 31.0 Å². The summed E-state index contributed by atoms with van der Waals surface area (Å²) >= 11 is 8.94. The maximum Gasteiger partial charge on any atom is 0.265 e. The van der Waals surface area contributed by atoms with Crippen LogP contribution in [0, 0.1) is 6.92 Å². The number of carbonyl (C=O) groups is 1. The first-order valence-electron chi connectivity index (χ1n) is 7.28. The molecule has 1 saturated heterocycles. The van der Waals surface area contributed by atoms with Gasteiger partial charge in [0.1, 0.15) is 9.88 Å². The fraction of sp³-hybridized carbons (Fsp3) is 0.467.